The summed E-state index contributed by atoms with van der Waals surface area (Å²) in [6.07, 6.45) is 0.118. The van der Waals surface area contributed by atoms with Crippen molar-refractivity contribution in [2.75, 3.05) is 24.6 Å². The summed E-state index contributed by atoms with van der Waals surface area (Å²) in [6.45, 7) is 2.79. The number of carbonyl (C=O) groups excluding carboxylic acids is 2. The molecule has 154 valence electrons. The molecule has 0 aliphatic heterocycles. The van der Waals surface area contributed by atoms with Gasteiger partial charge in [0.25, 0.3) is 15.9 Å². The molecule has 0 bridgehead atoms. The summed E-state index contributed by atoms with van der Waals surface area (Å²) in [5, 5.41) is 10.5. The van der Waals surface area contributed by atoms with Gasteiger partial charge >= 0.3 is 5.97 Å². The molecule has 0 aliphatic carbocycles. The van der Waals surface area contributed by atoms with Crippen molar-refractivity contribution < 1.29 is 22.7 Å². The van der Waals surface area contributed by atoms with E-state index in [-0.39, 0.29) is 17.2 Å². The molecule has 1 aromatic heterocycles. The number of ether oxygens (including phenoxy) is 1. The predicted molar refractivity (Wildman–Crippen MR) is 109 cm³/mol. The minimum Gasteiger partial charge on any atom is -0.455 e. The lowest BCUT2D eigenvalue weighted by Gasteiger charge is -2.22. The number of amides is 1. The molecule has 0 saturated carbocycles. The number of aryl methyl sites for hydroxylation is 2. The first kappa shape index (κ1) is 22.5. The molecule has 29 heavy (non-hydrogen) atoms. The van der Waals surface area contributed by atoms with Gasteiger partial charge < -0.3 is 9.64 Å². The van der Waals surface area contributed by atoms with E-state index in [9.17, 15) is 18.0 Å². The average Bonchev–Trinajstić information content (AvgIpc) is 3.20. The summed E-state index contributed by atoms with van der Waals surface area (Å²) in [7, 11) is -3.80. The number of nitrogens with zero attached hydrogens (tertiary/aromatic N) is 2. The van der Waals surface area contributed by atoms with Gasteiger partial charge in [-0.2, -0.15) is 9.98 Å². The molecule has 1 heterocycles. The molecule has 8 nitrogen and oxygen atoms in total. The highest BCUT2D eigenvalue weighted by Gasteiger charge is 2.20. The van der Waals surface area contributed by atoms with E-state index in [4.69, 9.17) is 10.00 Å². The van der Waals surface area contributed by atoms with Gasteiger partial charge in [0.2, 0.25) is 0 Å². The van der Waals surface area contributed by atoms with E-state index >= 15 is 0 Å². The smallest absolute Gasteiger partial charge is 0.321 e. The fourth-order valence-electron chi connectivity index (χ4n) is 2.58. The number of hydrogen-bond donors (Lipinski definition) is 1. The zero-order valence-corrected chi connectivity index (χ0v) is 17.7. The van der Waals surface area contributed by atoms with Crippen LogP contribution in [0.1, 0.15) is 17.5 Å². The van der Waals surface area contributed by atoms with Crippen LogP contribution in [0.4, 0.5) is 5.69 Å². The topological polar surface area (TPSA) is 117 Å². The molecule has 2 aromatic rings. The van der Waals surface area contributed by atoms with Gasteiger partial charge in [-0.15, -0.1) is 11.3 Å². The molecule has 0 saturated heterocycles. The lowest BCUT2D eigenvalue weighted by molar-refractivity contribution is -0.146. The number of thiophene rings is 1. The molecule has 1 amide bonds. The average molecular weight is 436 g/mol. The first-order valence-electron chi connectivity index (χ1n) is 8.67. The molecule has 0 unspecified atom stereocenters. The molecule has 0 aliphatic rings. The summed E-state index contributed by atoms with van der Waals surface area (Å²) in [5.74, 6) is -1.38. The Morgan fingerprint density at radius 1 is 1.24 bits per heavy atom. The molecule has 1 N–H and O–H groups in total. The van der Waals surface area contributed by atoms with E-state index in [1.807, 2.05) is 26.0 Å². The Kier molecular flexibility index (Phi) is 7.90. The number of carbonyl (C=O) groups is 2. The fraction of sp³-hybridized carbons (Fsp3) is 0.316. The highest BCUT2D eigenvalue weighted by atomic mass is 32.2. The third kappa shape index (κ3) is 6.67. The van der Waals surface area contributed by atoms with E-state index in [0.717, 1.165) is 22.5 Å². The molecule has 1 aromatic carbocycles. The van der Waals surface area contributed by atoms with Crippen molar-refractivity contribution in [3.8, 4) is 6.07 Å². The number of esters is 1. The molecule has 0 spiro atoms. The van der Waals surface area contributed by atoms with Crippen LogP contribution in [0, 0.1) is 25.2 Å². The second kappa shape index (κ2) is 10.2. The Morgan fingerprint density at radius 2 is 1.93 bits per heavy atom. The van der Waals surface area contributed by atoms with Crippen molar-refractivity contribution in [3.63, 3.8) is 0 Å². The van der Waals surface area contributed by atoms with Crippen LogP contribution in [0.3, 0.4) is 0 Å². The van der Waals surface area contributed by atoms with Gasteiger partial charge in [-0.25, -0.2) is 8.42 Å². The predicted octanol–water partition coefficient (Wildman–Crippen LogP) is 2.13. The van der Waals surface area contributed by atoms with Crippen molar-refractivity contribution in [3.05, 3.63) is 46.8 Å². The third-order valence-corrected chi connectivity index (χ3v) is 6.59. The van der Waals surface area contributed by atoms with Crippen LogP contribution in [0.5, 0.6) is 0 Å². The SMILES string of the molecule is Cc1cc(C)cc(N(CCC#N)C(=O)COC(=O)CNS(=O)(=O)c2cccs2)c1. The fourth-order valence-corrected chi connectivity index (χ4v) is 4.59. The lowest BCUT2D eigenvalue weighted by Crippen LogP contribution is -2.37. The number of anilines is 1. The van der Waals surface area contributed by atoms with Gasteiger partial charge in [0, 0.05) is 12.2 Å². The van der Waals surface area contributed by atoms with E-state index in [2.05, 4.69) is 4.72 Å². The maximum absolute atomic E-state index is 12.6. The molecule has 0 fully saturated rings. The van der Waals surface area contributed by atoms with Crippen molar-refractivity contribution >= 4 is 38.9 Å². The Balaban J connectivity index is 1.97. The Bertz CT molecular complexity index is 991. The molecule has 0 radical (unpaired) electrons. The quantitative estimate of drug-likeness (QED) is 0.603. The van der Waals surface area contributed by atoms with Gasteiger partial charge in [-0.05, 0) is 48.6 Å². The minimum absolute atomic E-state index is 0.0823. The first-order chi connectivity index (χ1) is 13.7. The van der Waals surface area contributed by atoms with Crippen LogP contribution in [-0.4, -0.2) is 40.0 Å². The van der Waals surface area contributed by atoms with Crippen molar-refractivity contribution in [1.29, 1.82) is 5.26 Å². The number of sulfonamides is 1. The van der Waals surface area contributed by atoms with Crippen LogP contribution < -0.4 is 9.62 Å². The van der Waals surface area contributed by atoms with Gasteiger partial charge in [-0.1, -0.05) is 12.1 Å². The zero-order valence-electron chi connectivity index (χ0n) is 16.0. The Labute approximate surface area is 173 Å². The Morgan fingerprint density at radius 3 is 2.52 bits per heavy atom. The Hall–Kier alpha value is -2.74. The maximum atomic E-state index is 12.6. The summed E-state index contributed by atoms with van der Waals surface area (Å²) in [4.78, 5) is 25.8. The second-order valence-corrected chi connectivity index (χ2v) is 9.16. The number of nitrogens with one attached hydrogen (secondary N) is 1. The van der Waals surface area contributed by atoms with Gasteiger partial charge in [-0.3, -0.25) is 9.59 Å². The standard InChI is InChI=1S/C19H21N3O5S2/c1-14-9-15(2)11-16(10-14)22(7-4-6-20)17(23)13-27-18(24)12-21-29(25,26)19-5-3-8-28-19/h3,5,8-11,21H,4,7,12-13H2,1-2H3. The van der Waals surface area contributed by atoms with Gasteiger partial charge in [0.05, 0.1) is 12.5 Å². The molecule has 2 rings (SSSR count). The third-order valence-electron chi connectivity index (χ3n) is 3.79. The number of nitriles is 1. The van der Waals surface area contributed by atoms with Crippen LogP contribution in [0.25, 0.3) is 0 Å². The maximum Gasteiger partial charge on any atom is 0.321 e. The molecular weight excluding hydrogens is 414 g/mol. The van der Waals surface area contributed by atoms with Crippen LogP contribution in [0.2, 0.25) is 0 Å². The molecule has 10 heteroatoms. The van der Waals surface area contributed by atoms with Crippen molar-refractivity contribution in [2.45, 2.75) is 24.5 Å². The largest absolute Gasteiger partial charge is 0.455 e. The number of hydrogen-bond acceptors (Lipinski definition) is 7. The van der Waals surface area contributed by atoms with E-state index in [1.54, 1.807) is 23.6 Å². The zero-order chi connectivity index (χ0) is 21.4. The van der Waals surface area contributed by atoms with E-state index < -0.39 is 35.1 Å². The minimum atomic E-state index is -3.80. The molecular formula is C19H21N3O5S2. The van der Waals surface area contributed by atoms with Crippen molar-refractivity contribution in [1.82, 2.24) is 4.72 Å². The molecule has 0 atom stereocenters. The van der Waals surface area contributed by atoms with Crippen LogP contribution in [0.15, 0.2) is 39.9 Å². The normalized spacial score (nSPS) is 10.9. The summed E-state index contributed by atoms with van der Waals surface area (Å²) >= 11 is 1.02. The lowest BCUT2D eigenvalue weighted by atomic mass is 10.1. The van der Waals surface area contributed by atoms with Crippen molar-refractivity contribution in [2.24, 2.45) is 0 Å². The second-order valence-electron chi connectivity index (χ2n) is 6.22. The van der Waals surface area contributed by atoms with E-state index in [1.165, 1.54) is 11.0 Å². The van der Waals surface area contributed by atoms with Crippen LogP contribution >= 0.6 is 11.3 Å². The number of rotatable bonds is 9. The highest BCUT2D eigenvalue weighted by Crippen LogP contribution is 2.19. The highest BCUT2D eigenvalue weighted by molar-refractivity contribution is 7.91. The summed E-state index contributed by atoms with van der Waals surface area (Å²) in [6, 6.07) is 10.6. The number of benzene rings is 1. The first-order valence-corrected chi connectivity index (χ1v) is 11.0. The summed E-state index contributed by atoms with van der Waals surface area (Å²) < 4.78 is 31.1. The monoisotopic (exact) mass is 435 g/mol. The van der Waals surface area contributed by atoms with E-state index in [0.29, 0.717) is 5.69 Å². The van der Waals surface area contributed by atoms with Crippen LogP contribution in [-0.2, 0) is 24.3 Å². The summed E-state index contributed by atoms with van der Waals surface area (Å²) in [5.41, 5.74) is 2.52. The van der Waals surface area contributed by atoms with Gasteiger partial charge in [0.1, 0.15) is 10.8 Å². The van der Waals surface area contributed by atoms with Gasteiger partial charge in [0.15, 0.2) is 6.61 Å².